The summed E-state index contributed by atoms with van der Waals surface area (Å²) >= 11 is 0. The minimum Gasteiger partial charge on any atom is -0.493 e. The molecule has 2 aromatic carbocycles. The molecule has 0 radical (unpaired) electrons. The predicted octanol–water partition coefficient (Wildman–Crippen LogP) is 3.61. The normalized spacial score (nSPS) is 14.2. The number of ether oxygens (including phenoxy) is 4. The summed E-state index contributed by atoms with van der Waals surface area (Å²) in [6.45, 7) is 8.33. The summed E-state index contributed by atoms with van der Waals surface area (Å²) in [6, 6.07) is 13.7. The van der Waals surface area contributed by atoms with Gasteiger partial charge in [0.05, 0.1) is 34.0 Å². The van der Waals surface area contributed by atoms with Crippen LogP contribution < -0.4 is 24.8 Å². The quantitative estimate of drug-likeness (QED) is 0.257. The Morgan fingerprint density at radius 1 is 1.03 bits per heavy atom. The van der Waals surface area contributed by atoms with Crippen LogP contribution in [0.25, 0.3) is 0 Å². The maximum Gasteiger partial charge on any atom is 0.196 e. The number of benzene rings is 2. The van der Waals surface area contributed by atoms with Gasteiger partial charge in [0.15, 0.2) is 17.5 Å². The van der Waals surface area contributed by atoms with Crippen molar-refractivity contribution in [3.63, 3.8) is 0 Å². The highest BCUT2D eigenvalue weighted by Crippen LogP contribution is 2.29. The second-order valence-corrected chi connectivity index (χ2v) is 7.30. The van der Waals surface area contributed by atoms with Crippen LogP contribution >= 0.6 is 24.0 Å². The molecule has 0 aliphatic carbocycles. The third-order valence-corrected chi connectivity index (χ3v) is 5.14. The average Bonchev–Trinajstić information content (AvgIpc) is 2.84. The fourth-order valence-corrected chi connectivity index (χ4v) is 3.41. The first-order valence-electron chi connectivity index (χ1n) is 11.0. The van der Waals surface area contributed by atoms with Crippen molar-refractivity contribution in [2.75, 3.05) is 65.5 Å². The number of anilines is 1. The summed E-state index contributed by atoms with van der Waals surface area (Å²) in [6.07, 6.45) is 0. The molecule has 0 spiro atoms. The Hall–Kier alpha value is -2.24. The lowest BCUT2D eigenvalue weighted by molar-refractivity contribution is 0.0322. The molecule has 8 nitrogen and oxygen atoms in total. The molecule has 182 valence electrons. The van der Waals surface area contributed by atoms with Gasteiger partial charge in [-0.1, -0.05) is 18.2 Å². The standard InChI is InChI=1S/C24H34N4O4.HI/c1-4-25-24(27-20-9-10-22(29-2)23(17-20)30-3)26-18-19-7-5-6-8-21(19)32-16-13-28-11-14-31-15-12-28;/h5-10,17H,4,11-16,18H2,1-3H3,(H2,25,26,27);1H. The van der Waals surface area contributed by atoms with Gasteiger partial charge in [0.25, 0.3) is 0 Å². The van der Waals surface area contributed by atoms with Crippen LogP contribution in [-0.2, 0) is 11.3 Å². The Morgan fingerprint density at radius 3 is 2.52 bits per heavy atom. The first-order chi connectivity index (χ1) is 15.7. The molecule has 33 heavy (non-hydrogen) atoms. The van der Waals surface area contributed by atoms with E-state index in [2.05, 4.69) is 15.5 Å². The van der Waals surface area contributed by atoms with Crippen LogP contribution in [0.15, 0.2) is 47.5 Å². The van der Waals surface area contributed by atoms with Crippen molar-refractivity contribution in [3.05, 3.63) is 48.0 Å². The molecule has 0 saturated carbocycles. The van der Waals surface area contributed by atoms with Crippen LogP contribution in [0.2, 0.25) is 0 Å². The van der Waals surface area contributed by atoms with E-state index in [4.69, 9.17) is 23.9 Å². The van der Waals surface area contributed by atoms with Crippen molar-refractivity contribution in [1.82, 2.24) is 10.2 Å². The Bertz CT molecular complexity index is 875. The first-order valence-corrected chi connectivity index (χ1v) is 11.0. The number of aliphatic imine (C=N–C) groups is 1. The number of rotatable bonds is 10. The van der Waals surface area contributed by atoms with Gasteiger partial charge in [-0.3, -0.25) is 4.90 Å². The highest BCUT2D eigenvalue weighted by molar-refractivity contribution is 14.0. The molecule has 1 heterocycles. The number of hydrogen-bond acceptors (Lipinski definition) is 6. The van der Waals surface area contributed by atoms with Gasteiger partial charge in [-0.15, -0.1) is 24.0 Å². The molecular formula is C24H35IN4O4. The van der Waals surface area contributed by atoms with E-state index in [1.165, 1.54) is 0 Å². The van der Waals surface area contributed by atoms with E-state index in [1.807, 2.05) is 49.4 Å². The number of para-hydroxylation sites is 1. The Balaban J connectivity index is 0.00000385. The number of halogens is 1. The largest absolute Gasteiger partial charge is 0.493 e. The topological polar surface area (TPSA) is 76.6 Å². The average molecular weight is 570 g/mol. The van der Waals surface area contributed by atoms with E-state index in [0.717, 1.165) is 56.4 Å². The van der Waals surface area contributed by atoms with Gasteiger partial charge in [-0.2, -0.15) is 0 Å². The van der Waals surface area contributed by atoms with Crippen LogP contribution in [0.1, 0.15) is 12.5 Å². The van der Waals surface area contributed by atoms with E-state index >= 15 is 0 Å². The predicted molar refractivity (Wildman–Crippen MR) is 143 cm³/mol. The number of nitrogens with one attached hydrogen (secondary N) is 2. The van der Waals surface area contributed by atoms with E-state index in [0.29, 0.717) is 30.6 Å². The van der Waals surface area contributed by atoms with Gasteiger partial charge in [-0.05, 0) is 25.1 Å². The van der Waals surface area contributed by atoms with Gasteiger partial charge in [0, 0.05) is 43.5 Å². The van der Waals surface area contributed by atoms with Crippen LogP contribution in [0.3, 0.4) is 0 Å². The highest BCUT2D eigenvalue weighted by Gasteiger charge is 2.11. The molecule has 2 N–H and O–H groups in total. The first kappa shape index (κ1) is 27.0. The number of methoxy groups -OCH3 is 2. The minimum absolute atomic E-state index is 0. The zero-order chi connectivity index (χ0) is 22.6. The zero-order valence-electron chi connectivity index (χ0n) is 19.6. The molecule has 3 rings (SSSR count). The smallest absolute Gasteiger partial charge is 0.196 e. The monoisotopic (exact) mass is 570 g/mol. The molecule has 0 amide bonds. The Kier molecular flexibility index (Phi) is 12.1. The summed E-state index contributed by atoms with van der Waals surface area (Å²) in [7, 11) is 3.24. The SMILES string of the molecule is CCNC(=NCc1ccccc1OCCN1CCOCC1)Nc1ccc(OC)c(OC)c1.I. The second kappa shape index (κ2) is 14.8. The second-order valence-electron chi connectivity index (χ2n) is 7.30. The third kappa shape index (κ3) is 8.56. The van der Waals surface area contributed by atoms with Crippen molar-refractivity contribution < 1.29 is 18.9 Å². The van der Waals surface area contributed by atoms with Crippen LogP contribution in [0, 0.1) is 0 Å². The van der Waals surface area contributed by atoms with Crippen molar-refractivity contribution in [3.8, 4) is 17.2 Å². The number of nitrogens with zero attached hydrogens (tertiary/aromatic N) is 2. The molecule has 0 atom stereocenters. The maximum atomic E-state index is 6.08. The van der Waals surface area contributed by atoms with E-state index < -0.39 is 0 Å². The lowest BCUT2D eigenvalue weighted by Crippen LogP contribution is -2.38. The highest BCUT2D eigenvalue weighted by atomic mass is 127. The van der Waals surface area contributed by atoms with Crippen molar-refractivity contribution in [2.45, 2.75) is 13.5 Å². The number of guanidine groups is 1. The fourth-order valence-electron chi connectivity index (χ4n) is 3.41. The number of hydrogen-bond donors (Lipinski definition) is 2. The number of morpholine rings is 1. The summed E-state index contributed by atoms with van der Waals surface area (Å²) < 4.78 is 22.2. The lowest BCUT2D eigenvalue weighted by atomic mass is 10.2. The fraction of sp³-hybridized carbons (Fsp3) is 0.458. The van der Waals surface area contributed by atoms with Gasteiger partial charge in [-0.25, -0.2) is 4.99 Å². The molecule has 0 bridgehead atoms. The zero-order valence-corrected chi connectivity index (χ0v) is 22.0. The third-order valence-electron chi connectivity index (χ3n) is 5.14. The Morgan fingerprint density at radius 2 is 1.79 bits per heavy atom. The molecule has 1 aliphatic heterocycles. The lowest BCUT2D eigenvalue weighted by Gasteiger charge is -2.26. The summed E-state index contributed by atoms with van der Waals surface area (Å²) in [5.41, 5.74) is 1.90. The minimum atomic E-state index is 0. The van der Waals surface area contributed by atoms with Gasteiger partial charge in [0.2, 0.25) is 0 Å². The van der Waals surface area contributed by atoms with E-state index in [9.17, 15) is 0 Å². The van der Waals surface area contributed by atoms with Gasteiger partial charge in [0.1, 0.15) is 12.4 Å². The van der Waals surface area contributed by atoms with E-state index in [-0.39, 0.29) is 24.0 Å². The molecule has 1 fully saturated rings. The molecule has 1 aliphatic rings. The molecule has 0 aromatic heterocycles. The van der Waals surface area contributed by atoms with Crippen LogP contribution in [-0.4, -0.2) is 71.1 Å². The van der Waals surface area contributed by atoms with Crippen LogP contribution in [0.4, 0.5) is 5.69 Å². The summed E-state index contributed by atoms with van der Waals surface area (Å²) in [4.78, 5) is 7.11. The van der Waals surface area contributed by atoms with Crippen molar-refractivity contribution in [1.29, 1.82) is 0 Å². The van der Waals surface area contributed by atoms with Crippen molar-refractivity contribution in [2.24, 2.45) is 4.99 Å². The summed E-state index contributed by atoms with van der Waals surface area (Å²) in [5.74, 6) is 2.89. The molecule has 2 aromatic rings. The maximum absolute atomic E-state index is 6.08. The molecule has 0 unspecified atom stereocenters. The molecular weight excluding hydrogens is 535 g/mol. The van der Waals surface area contributed by atoms with Gasteiger partial charge < -0.3 is 29.6 Å². The van der Waals surface area contributed by atoms with E-state index in [1.54, 1.807) is 14.2 Å². The Labute approximate surface area is 213 Å². The summed E-state index contributed by atoms with van der Waals surface area (Å²) in [5, 5.41) is 6.61. The molecule has 9 heteroatoms. The van der Waals surface area contributed by atoms with Gasteiger partial charge >= 0.3 is 0 Å². The van der Waals surface area contributed by atoms with Crippen LogP contribution in [0.5, 0.6) is 17.2 Å². The molecule has 1 saturated heterocycles. The van der Waals surface area contributed by atoms with Crippen molar-refractivity contribution >= 4 is 35.6 Å².